The monoisotopic (exact) mass is 228 g/mol. The highest BCUT2D eigenvalue weighted by Gasteiger charge is 2.11. The number of nitrogens with one attached hydrogen (secondary N) is 1. The van der Waals surface area contributed by atoms with Crippen LogP contribution >= 0.6 is 0 Å². The van der Waals surface area contributed by atoms with Gasteiger partial charge in [-0.25, -0.2) is 0 Å². The van der Waals surface area contributed by atoms with Crippen LogP contribution in [0.5, 0.6) is 0 Å². The average molecular weight is 228 g/mol. The quantitative estimate of drug-likeness (QED) is 0.686. The van der Waals surface area contributed by atoms with Crippen LogP contribution in [0.4, 0.5) is 0 Å². The van der Waals surface area contributed by atoms with Crippen LogP contribution in [-0.2, 0) is 4.74 Å². The minimum absolute atomic E-state index is 0.403. The first-order valence-corrected chi connectivity index (χ1v) is 6.85. The number of rotatable bonds is 8. The van der Waals surface area contributed by atoms with Crippen molar-refractivity contribution in [2.24, 2.45) is 0 Å². The second-order valence-electron chi connectivity index (χ2n) is 4.74. The molecule has 0 bridgehead atoms. The third kappa shape index (κ3) is 5.83. The summed E-state index contributed by atoms with van der Waals surface area (Å²) in [7, 11) is 2.00. The molecule has 0 amide bonds. The van der Waals surface area contributed by atoms with E-state index in [1.54, 1.807) is 0 Å². The molecular weight excluding hydrogens is 200 g/mol. The van der Waals surface area contributed by atoms with Gasteiger partial charge in [-0.1, -0.05) is 19.8 Å². The molecule has 16 heavy (non-hydrogen) atoms. The van der Waals surface area contributed by atoms with Gasteiger partial charge in [0.1, 0.15) is 0 Å². The summed E-state index contributed by atoms with van der Waals surface area (Å²) in [6.07, 6.45) is 6.93. The van der Waals surface area contributed by atoms with Crippen molar-refractivity contribution in [1.82, 2.24) is 10.2 Å². The number of likely N-dealkylation sites (tertiary alicyclic amines) is 1. The molecule has 0 aliphatic carbocycles. The molecule has 96 valence electrons. The van der Waals surface area contributed by atoms with Gasteiger partial charge in [0.15, 0.2) is 0 Å². The Kier molecular flexibility index (Phi) is 7.81. The van der Waals surface area contributed by atoms with E-state index >= 15 is 0 Å². The van der Waals surface area contributed by atoms with Crippen molar-refractivity contribution in [3.8, 4) is 0 Å². The lowest BCUT2D eigenvalue weighted by Gasteiger charge is -2.27. The molecule has 1 heterocycles. The van der Waals surface area contributed by atoms with Crippen molar-refractivity contribution in [3.63, 3.8) is 0 Å². The molecule has 3 heteroatoms. The fourth-order valence-electron chi connectivity index (χ4n) is 2.33. The molecular formula is C13H28N2O. The summed E-state index contributed by atoms with van der Waals surface area (Å²) in [5.74, 6) is 0. The third-order valence-electron chi connectivity index (χ3n) is 3.25. The average Bonchev–Trinajstić information content (AvgIpc) is 2.31. The fourth-order valence-corrected chi connectivity index (χ4v) is 2.33. The highest BCUT2D eigenvalue weighted by atomic mass is 16.5. The Morgan fingerprint density at radius 2 is 2.00 bits per heavy atom. The minimum atomic E-state index is 0.403. The van der Waals surface area contributed by atoms with Crippen molar-refractivity contribution >= 4 is 0 Å². The lowest BCUT2D eigenvalue weighted by molar-refractivity contribution is 0.0306. The Morgan fingerprint density at radius 3 is 2.62 bits per heavy atom. The number of likely N-dealkylation sites (N-methyl/N-ethyl adjacent to an activating group) is 1. The molecule has 1 rings (SSSR count). The van der Waals surface area contributed by atoms with Gasteiger partial charge in [0.25, 0.3) is 0 Å². The molecule has 1 saturated heterocycles. The molecule has 1 fully saturated rings. The van der Waals surface area contributed by atoms with Crippen molar-refractivity contribution in [3.05, 3.63) is 0 Å². The summed E-state index contributed by atoms with van der Waals surface area (Å²) in [6.45, 7) is 7.75. The predicted octanol–water partition coefficient (Wildman–Crippen LogP) is 1.88. The van der Waals surface area contributed by atoms with Gasteiger partial charge in [0.05, 0.1) is 12.7 Å². The third-order valence-corrected chi connectivity index (χ3v) is 3.25. The standard InChI is InChI=1S/C13H28N2O/c1-3-7-13(12-14-2)16-11-10-15-8-5-4-6-9-15/h13-14H,3-12H2,1-2H3. The number of ether oxygens (including phenoxy) is 1. The van der Waals surface area contributed by atoms with Crippen LogP contribution in [-0.4, -0.2) is 50.8 Å². The van der Waals surface area contributed by atoms with Crippen LogP contribution in [0.1, 0.15) is 39.0 Å². The zero-order valence-electron chi connectivity index (χ0n) is 11.0. The largest absolute Gasteiger partial charge is 0.376 e. The van der Waals surface area contributed by atoms with Gasteiger partial charge in [-0.2, -0.15) is 0 Å². The SMILES string of the molecule is CCCC(CNC)OCCN1CCCCC1. The van der Waals surface area contributed by atoms with Crippen molar-refractivity contribution in [1.29, 1.82) is 0 Å². The van der Waals surface area contributed by atoms with Crippen LogP contribution in [0, 0.1) is 0 Å². The van der Waals surface area contributed by atoms with Gasteiger partial charge in [-0.3, -0.25) is 0 Å². The molecule has 0 saturated carbocycles. The minimum Gasteiger partial charge on any atom is -0.376 e. The Bertz CT molecular complexity index is 152. The molecule has 0 aromatic carbocycles. The van der Waals surface area contributed by atoms with E-state index in [9.17, 15) is 0 Å². The molecule has 1 N–H and O–H groups in total. The highest BCUT2D eigenvalue weighted by Crippen LogP contribution is 2.08. The molecule has 1 aliphatic rings. The van der Waals surface area contributed by atoms with Crippen molar-refractivity contribution < 1.29 is 4.74 Å². The van der Waals surface area contributed by atoms with Crippen LogP contribution < -0.4 is 5.32 Å². The maximum absolute atomic E-state index is 5.92. The maximum Gasteiger partial charge on any atom is 0.0699 e. The molecule has 0 spiro atoms. The smallest absolute Gasteiger partial charge is 0.0699 e. The van der Waals surface area contributed by atoms with Gasteiger partial charge in [0.2, 0.25) is 0 Å². The van der Waals surface area contributed by atoms with Gasteiger partial charge in [0, 0.05) is 13.1 Å². The molecule has 0 aromatic heterocycles. The Morgan fingerprint density at radius 1 is 1.25 bits per heavy atom. The van der Waals surface area contributed by atoms with E-state index < -0.39 is 0 Å². The van der Waals surface area contributed by atoms with Crippen LogP contribution in [0.3, 0.4) is 0 Å². The van der Waals surface area contributed by atoms with Gasteiger partial charge >= 0.3 is 0 Å². The van der Waals surface area contributed by atoms with E-state index in [1.807, 2.05) is 7.05 Å². The first kappa shape index (κ1) is 13.9. The lowest BCUT2D eigenvalue weighted by Crippen LogP contribution is -2.35. The van der Waals surface area contributed by atoms with Crippen molar-refractivity contribution in [2.75, 3.05) is 39.8 Å². The lowest BCUT2D eigenvalue weighted by atomic mass is 10.1. The summed E-state index contributed by atoms with van der Waals surface area (Å²) in [4.78, 5) is 2.53. The molecule has 0 radical (unpaired) electrons. The number of nitrogens with zero attached hydrogens (tertiary/aromatic N) is 1. The first-order valence-electron chi connectivity index (χ1n) is 6.85. The van der Waals surface area contributed by atoms with Gasteiger partial charge < -0.3 is 15.0 Å². The molecule has 1 unspecified atom stereocenters. The van der Waals surface area contributed by atoms with Crippen LogP contribution in [0.15, 0.2) is 0 Å². The van der Waals surface area contributed by atoms with E-state index in [2.05, 4.69) is 17.1 Å². The summed E-state index contributed by atoms with van der Waals surface area (Å²) in [6, 6.07) is 0. The van der Waals surface area contributed by atoms with Crippen LogP contribution in [0.2, 0.25) is 0 Å². The van der Waals surface area contributed by atoms with Crippen LogP contribution in [0.25, 0.3) is 0 Å². The number of hydrogen-bond acceptors (Lipinski definition) is 3. The Balaban J connectivity index is 2.06. The predicted molar refractivity (Wildman–Crippen MR) is 68.9 cm³/mol. The highest BCUT2D eigenvalue weighted by molar-refractivity contribution is 4.65. The summed E-state index contributed by atoms with van der Waals surface area (Å²) in [5.41, 5.74) is 0. The molecule has 3 nitrogen and oxygen atoms in total. The molecule has 1 atom stereocenters. The second-order valence-corrected chi connectivity index (χ2v) is 4.74. The van der Waals surface area contributed by atoms with E-state index in [-0.39, 0.29) is 0 Å². The Labute approximate surface area is 101 Å². The molecule has 0 aromatic rings. The van der Waals surface area contributed by atoms with Crippen molar-refractivity contribution in [2.45, 2.75) is 45.1 Å². The summed E-state index contributed by atoms with van der Waals surface area (Å²) >= 11 is 0. The number of piperidine rings is 1. The number of hydrogen-bond donors (Lipinski definition) is 1. The van der Waals surface area contributed by atoms with Gasteiger partial charge in [-0.15, -0.1) is 0 Å². The molecule has 1 aliphatic heterocycles. The van der Waals surface area contributed by atoms with E-state index in [1.165, 1.54) is 45.2 Å². The Hall–Kier alpha value is -0.120. The fraction of sp³-hybridized carbons (Fsp3) is 1.00. The van der Waals surface area contributed by atoms with E-state index in [0.29, 0.717) is 6.10 Å². The second kappa shape index (κ2) is 8.97. The summed E-state index contributed by atoms with van der Waals surface area (Å²) < 4.78 is 5.92. The normalized spacial score (nSPS) is 19.9. The summed E-state index contributed by atoms with van der Waals surface area (Å²) in [5, 5.41) is 3.20. The zero-order chi connectivity index (χ0) is 11.6. The zero-order valence-corrected chi connectivity index (χ0v) is 11.0. The topological polar surface area (TPSA) is 24.5 Å². The van der Waals surface area contributed by atoms with Gasteiger partial charge in [-0.05, 0) is 39.4 Å². The first-order chi connectivity index (χ1) is 7.86. The maximum atomic E-state index is 5.92. The van der Waals surface area contributed by atoms with E-state index in [0.717, 1.165) is 19.7 Å². The van der Waals surface area contributed by atoms with E-state index in [4.69, 9.17) is 4.74 Å².